The monoisotopic (exact) mass is 361 g/mol. The maximum atomic E-state index is 12.1. The number of amides is 3. The SMILES string of the molecule is O=C(C[NH+]1CCN(c2ccc(O)cc2)CC1)NC(=O)NC1CCCCC1. The molecule has 1 saturated heterocycles. The van der Waals surface area contributed by atoms with Crippen LogP contribution in [0.25, 0.3) is 0 Å². The fourth-order valence-corrected chi connectivity index (χ4v) is 3.79. The largest absolute Gasteiger partial charge is 0.508 e. The van der Waals surface area contributed by atoms with E-state index < -0.39 is 0 Å². The molecule has 1 heterocycles. The molecule has 2 aliphatic rings. The average molecular weight is 361 g/mol. The maximum Gasteiger partial charge on any atom is 0.321 e. The van der Waals surface area contributed by atoms with Gasteiger partial charge in [-0.25, -0.2) is 4.79 Å². The number of carbonyl (C=O) groups is 2. The molecule has 0 spiro atoms. The second-order valence-corrected chi connectivity index (χ2v) is 7.29. The number of nitrogens with zero attached hydrogens (tertiary/aromatic N) is 1. The number of anilines is 1. The molecule has 1 aromatic carbocycles. The number of hydrogen-bond donors (Lipinski definition) is 4. The van der Waals surface area contributed by atoms with Crippen LogP contribution in [0.4, 0.5) is 10.5 Å². The van der Waals surface area contributed by atoms with Crippen molar-refractivity contribution in [2.24, 2.45) is 0 Å². The summed E-state index contributed by atoms with van der Waals surface area (Å²) in [5.41, 5.74) is 1.08. The van der Waals surface area contributed by atoms with Crippen LogP contribution in [0.1, 0.15) is 32.1 Å². The summed E-state index contributed by atoms with van der Waals surface area (Å²) < 4.78 is 0. The number of aromatic hydroxyl groups is 1. The summed E-state index contributed by atoms with van der Waals surface area (Å²) in [5, 5.41) is 14.8. The second kappa shape index (κ2) is 8.89. The molecule has 0 aromatic heterocycles. The number of piperazine rings is 1. The highest BCUT2D eigenvalue weighted by atomic mass is 16.3. The molecule has 1 aliphatic heterocycles. The molecule has 2 fully saturated rings. The highest BCUT2D eigenvalue weighted by Gasteiger charge is 2.24. The Morgan fingerprint density at radius 1 is 1.08 bits per heavy atom. The van der Waals surface area contributed by atoms with Gasteiger partial charge < -0.3 is 20.2 Å². The van der Waals surface area contributed by atoms with Crippen LogP contribution in [0.15, 0.2) is 24.3 Å². The Balaban J connectivity index is 1.37. The van der Waals surface area contributed by atoms with Crippen LogP contribution in [0.5, 0.6) is 5.75 Å². The molecule has 1 saturated carbocycles. The van der Waals surface area contributed by atoms with Gasteiger partial charge in [0.2, 0.25) is 0 Å². The van der Waals surface area contributed by atoms with E-state index in [9.17, 15) is 14.7 Å². The van der Waals surface area contributed by atoms with E-state index in [-0.39, 0.29) is 23.7 Å². The third-order valence-electron chi connectivity index (χ3n) is 5.29. The zero-order valence-electron chi connectivity index (χ0n) is 15.2. The van der Waals surface area contributed by atoms with Crippen LogP contribution in [-0.4, -0.2) is 55.8 Å². The molecule has 7 nitrogen and oxygen atoms in total. The zero-order chi connectivity index (χ0) is 18.4. The summed E-state index contributed by atoms with van der Waals surface area (Å²) in [4.78, 5) is 27.5. The Labute approximate surface area is 154 Å². The lowest BCUT2D eigenvalue weighted by Gasteiger charge is -2.33. The fourth-order valence-electron chi connectivity index (χ4n) is 3.79. The fraction of sp³-hybridized carbons (Fsp3) is 0.579. The molecular weight excluding hydrogens is 332 g/mol. The predicted molar refractivity (Wildman–Crippen MR) is 99.4 cm³/mol. The number of rotatable bonds is 4. The molecule has 1 aromatic rings. The summed E-state index contributed by atoms with van der Waals surface area (Å²) in [6.07, 6.45) is 5.54. The molecule has 0 unspecified atom stereocenters. The number of hydrogen-bond acceptors (Lipinski definition) is 4. The molecule has 26 heavy (non-hydrogen) atoms. The van der Waals surface area contributed by atoms with Crippen molar-refractivity contribution in [1.29, 1.82) is 0 Å². The number of nitrogens with one attached hydrogen (secondary N) is 3. The van der Waals surface area contributed by atoms with Crippen LogP contribution >= 0.6 is 0 Å². The molecule has 3 amide bonds. The first-order valence-corrected chi connectivity index (χ1v) is 9.58. The summed E-state index contributed by atoms with van der Waals surface area (Å²) in [6, 6.07) is 7.03. The van der Waals surface area contributed by atoms with Crippen LogP contribution in [0.3, 0.4) is 0 Å². The standard InChI is InChI=1S/C19H28N4O3/c24-17-8-6-16(7-9-17)23-12-10-22(11-13-23)14-18(25)21-19(26)20-15-4-2-1-3-5-15/h6-9,15,24H,1-5,10-14H2,(H2,20,21,25,26)/p+1. The summed E-state index contributed by atoms with van der Waals surface area (Å²) in [6.45, 7) is 3.71. The van der Waals surface area contributed by atoms with Crippen LogP contribution < -0.4 is 20.4 Å². The smallest absolute Gasteiger partial charge is 0.321 e. The van der Waals surface area contributed by atoms with Crippen molar-refractivity contribution in [3.8, 4) is 5.75 Å². The Bertz CT molecular complexity index is 606. The highest BCUT2D eigenvalue weighted by Crippen LogP contribution is 2.18. The van der Waals surface area contributed by atoms with Crippen molar-refractivity contribution in [3.63, 3.8) is 0 Å². The Morgan fingerprint density at radius 3 is 2.38 bits per heavy atom. The van der Waals surface area contributed by atoms with Crippen LogP contribution in [0, 0.1) is 0 Å². The maximum absolute atomic E-state index is 12.1. The number of benzene rings is 1. The van der Waals surface area contributed by atoms with Crippen molar-refractivity contribution in [2.45, 2.75) is 38.1 Å². The van der Waals surface area contributed by atoms with Gasteiger partial charge in [-0.05, 0) is 37.1 Å². The normalized spacial score (nSPS) is 19.2. The van der Waals surface area contributed by atoms with E-state index in [1.807, 2.05) is 12.1 Å². The number of urea groups is 1. The molecular formula is C19H29N4O3+. The minimum Gasteiger partial charge on any atom is -0.508 e. The zero-order valence-corrected chi connectivity index (χ0v) is 15.2. The number of phenols is 1. The molecule has 142 valence electrons. The predicted octanol–water partition coefficient (Wildman–Crippen LogP) is 0.256. The lowest BCUT2D eigenvalue weighted by atomic mass is 9.96. The van der Waals surface area contributed by atoms with E-state index in [2.05, 4.69) is 15.5 Å². The Morgan fingerprint density at radius 2 is 1.73 bits per heavy atom. The van der Waals surface area contributed by atoms with E-state index in [0.717, 1.165) is 57.5 Å². The van der Waals surface area contributed by atoms with Crippen molar-refractivity contribution < 1.29 is 19.6 Å². The lowest BCUT2D eigenvalue weighted by molar-refractivity contribution is -0.892. The van der Waals surface area contributed by atoms with Crippen molar-refractivity contribution in [2.75, 3.05) is 37.6 Å². The van der Waals surface area contributed by atoms with Crippen LogP contribution in [-0.2, 0) is 4.79 Å². The quantitative estimate of drug-likeness (QED) is 0.620. The van der Waals surface area contributed by atoms with Gasteiger partial charge in [0.05, 0.1) is 26.2 Å². The van der Waals surface area contributed by atoms with E-state index in [1.165, 1.54) is 11.3 Å². The summed E-state index contributed by atoms with van der Waals surface area (Å²) in [7, 11) is 0. The van der Waals surface area contributed by atoms with Gasteiger partial charge in [0.1, 0.15) is 5.75 Å². The molecule has 0 bridgehead atoms. The minimum atomic E-state index is -0.357. The van der Waals surface area contributed by atoms with Crippen molar-refractivity contribution in [1.82, 2.24) is 10.6 Å². The van der Waals surface area contributed by atoms with Gasteiger partial charge in [0.15, 0.2) is 6.54 Å². The molecule has 7 heteroatoms. The third kappa shape index (κ3) is 5.36. The second-order valence-electron chi connectivity index (χ2n) is 7.29. The molecule has 0 radical (unpaired) electrons. The van der Waals surface area contributed by atoms with Gasteiger partial charge in [-0.3, -0.25) is 10.1 Å². The Hall–Kier alpha value is -2.28. The number of carbonyl (C=O) groups excluding carboxylic acids is 2. The van der Waals surface area contributed by atoms with E-state index >= 15 is 0 Å². The summed E-state index contributed by atoms with van der Waals surface area (Å²) >= 11 is 0. The lowest BCUT2D eigenvalue weighted by Crippen LogP contribution is -3.16. The van der Waals surface area contributed by atoms with Gasteiger partial charge in [0.25, 0.3) is 5.91 Å². The van der Waals surface area contributed by atoms with Gasteiger partial charge >= 0.3 is 6.03 Å². The van der Waals surface area contributed by atoms with Crippen LogP contribution in [0.2, 0.25) is 0 Å². The molecule has 1 aliphatic carbocycles. The van der Waals surface area contributed by atoms with Gasteiger partial charge in [-0.2, -0.15) is 0 Å². The van der Waals surface area contributed by atoms with E-state index in [1.54, 1.807) is 12.1 Å². The third-order valence-corrected chi connectivity index (χ3v) is 5.29. The van der Waals surface area contributed by atoms with E-state index in [0.29, 0.717) is 6.54 Å². The topological polar surface area (TPSA) is 86.1 Å². The van der Waals surface area contributed by atoms with Gasteiger partial charge in [-0.1, -0.05) is 19.3 Å². The first kappa shape index (κ1) is 18.5. The molecule has 0 atom stereocenters. The number of imide groups is 1. The minimum absolute atomic E-state index is 0.206. The average Bonchev–Trinajstić information content (AvgIpc) is 2.64. The van der Waals surface area contributed by atoms with E-state index in [4.69, 9.17) is 0 Å². The summed E-state index contributed by atoms with van der Waals surface area (Å²) in [5.74, 6) is 0.0487. The Kier molecular flexibility index (Phi) is 6.33. The molecule has 3 rings (SSSR count). The van der Waals surface area contributed by atoms with Gasteiger partial charge in [-0.15, -0.1) is 0 Å². The first-order valence-electron chi connectivity index (χ1n) is 9.58. The molecule has 4 N–H and O–H groups in total. The van der Waals surface area contributed by atoms with Crippen molar-refractivity contribution >= 4 is 17.6 Å². The van der Waals surface area contributed by atoms with Crippen molar-refractivity contribution in [3.05, 3.63) is 24.3 Å². The highest BCUT2D eigenvalue weighted by molar-refractivity contribution is 5.94. The number of quaternary nitrogens is 1. The van der Waals surface area contributed by atoms with Gasteiger partial charge in [0, 0.05) is 11.7 Å². The first-order chi connectivity index (χ1) is 12.6. The number of phenolic OH excluding ortho intramolecular Hbond substituents is 1.